The molecule has 0 aliphatic carbocycles. The number of nitro groups is 1. The molecule has 128 valence electrons. The number of β-lactam (4-membered cyclic amide) rings is 1. The second-order valence-electron chi connectivity index (χ2n) is 5.20. The number of esters is 1. The molecule has 1 saturated heterocycles. The van der Waals surface area contributed by atoms with Crippen molar-refractivity contribution in [2.45, 2.75) is 18.4 Å². The van der Waals surface area contributed by atoms with Gasteiger partial charge in [0.25, 0.3) is 5.69 Å². The van der Waals surface area contributed by atoms with E-state index >= 15 is 0 Å². The van der Waals surface area contributed by atoms with Crippen LogP contribution in [0.25, 0.3) is 10.4 Å². The second-order valence-corrected chi connectivity index (χ2v) is 6.47. The molecule has 2 aliphatic heterocycles. The van der Waals surface area contributed by atoms with Gasteiger partial charge in [-0.3, -0.25) is 19.8 Å². The van der Waals surface area contributed by atoms with Crippen LogP contribution in [-0.4, -0.2) is 33.6 Å². The molecule has 1 atom stereocenters. The van der Waals surface area contributed by atoms with Crippen LogP contribution in [-0.2, 0) is 20.9 Å². The Morgan fingerprint density at radius 1 is 1.48 bits per heavy atom. The maximum atomic E-state index is 12.4. The number of fused-ring (bicyclic) bond motifs is 1. The molecule has 2 aliphatic rings. The van der Waals surface area contributed by atoms with Gasteiger partial charge in [0.05, 0.1) is 23.3 Å². The molecule has 0 radical (unpaired) electrons. The van der Waals surface area contributed by atoms with Gasteiger partial charge in [-0.05, 0) is 23.2 Å². The number of benzene rings is 1. The third kappa shape index (κ3) is 3.28. The van der Waals surface area contributed by atoms with Crippen LogP contribution >= 0.6 is 11.8 Å². The fourth-order valence-electron chi connectivity index (χ4n) is 2.46. The summed E-state index contributed by atoms with van der Waals surface area (Å²) in [7, 11) is 0. The van der Waals surface area contributed by atoms with E-state index in [9.17, 15) is 19.7 Å². The van der Waals surface area contributed by atoms with Crippen molar-refractivity contribution in [3.05, 3.63) is 61.0 Å². The van der Waals surface area contributed by atoms with E-state index in [1.165, 1.54) is 40.9 Å². The molecule has 0 saturated carbocycles. The molecule has 0 unspecified atom stereocenters. The van der Waals surface area contributed by atoms with E-state index in [1.807, 2.05) is 0 Å². The number of nitrogens with zero attached hydrogens (tertiary/aromatic N) is 5. The number of thioether (sulfide) groups is 1. The molecular weight excluding hydrogens is 350 g/mol. The zero-order valence-corrected chi connectivity index (χ0v) is 13.5. The topological polar surface area (TPSA) is 139 Å². The first-order valence-corrected chi connectivity index (χ1v) is 8.02. The number of amides is 1. The molecule has 1 fully saturated rings. The van der Waals surface area contributed by atoms with Crippen molar-refractivity contribution >= 4 is 29.3 Å². The van der Waals surface area contributed by atoms with E-state index in [0.717, 1.165) is 0 Å². The van der Waals surface area contributed by atoms with E-state index in [-0.39, 0.29) is 35.8 Å². The molecule has 0 bridgehead atoms. The summed E-state index contributed by atoms with van der Waals surface area (Å²) in [4.78, 5) is 38.7. The van der Waals surface area contributed by atoms with Gasteiger partial charge in [-0.1, -0.05) is 5.11 Å². The molecule has 0 N–H and O–H groups in total. The van der Waals surface area contributed by atoms with Gasteiger partial charge in [0.1, 0.15) is 12.3 Å². The van der Waals surface area contributed by atoms with Crippen LogP contribution in [0.2, 0.25) is 0 Å². The Morgan fingerprint density at radius 3 is 2.80 bits per heavy atom. The number of non-ortho nitro benzene ring substituents is 1. The smallest absolute Gasteiger partial charge is 0.356 e. The number of hydrogen-bond donors (Lipinski definition) is 0. The molecule has 11 heteroatoms. The average molecular weight is 361 g/mol. The Kier molecular flexibility index (Phi) is 4.59. The van der Waals surface area contributed by atoms with Crippen LogP contribution in [0.5, 0.6) is 0 Å². The van der Waals surface area contributed by atoms with Crippen molar-refractivity contribution in [3.63, 3.8) is 0 Å². The molecule has 3 rings (SSSR count). The highest BCUT2D eigenvalue weighted by Gasteiger charge is 2.48. The lowest BCUT2D eigenvalue weighted by atomic mass is 10.1. The van der Waals surface area contributed by atoms with E-state index < -0.39 is 10.9 Å². The third-order valence-corrected chi connectivity index (χ3v) is 4.93. The number of ether oxygens (including phenoxy) is 1. The Bertz CT molecular complexity index is 831. The van der Waals surface area contributed by atoms with Crippen LogP contribution in [0.3, 0.4) is 0 Å². The van der Waals surface area contributed by atoms with Gasteiger partial charge in [-0.2, -0.15) is 0 Å². The molecule has 0 spiro atoms. The lowest BCUT2D eigenvalue weighted by molar-refractivity contribution is -0.384. The molecule has 10 nitrogen and oxygen atoms in total. The van der Waals surface area contributed by atoms with Crippen LogP contribution in [0.1, 0.15) is 12.0 Å². The van der Waals surface area contributed by atoms with Gasteiger partial charge >= 0.3 is 5.97 Å². The number of azide groups is 1. The minimum absolute atomic E-state index is 0.0244. The molecule has 1 aromatic rings. The number of carbonyl (C=O) groups excluding carboxylic acids is 2. The van der Waals surface area contributed by atoms with E-state index in [2.05, 4.69) is 10.0 Å². The Hall–Kier alpha value is -3.04. The number of hydrogen-bond acceptors (Lipinski definition) is 7. The van der Waals surface area contributed by atoms with Crippen molar-refractivity contribution in [2.24, 2.45) is 5.11 Å². The standard InChI is InChI=1S/C14H11N5O5S/c15-17-16-6-10-13(18-11(20)5-12(18)25-10)14(21)24-7-8-1-3-9(4-2-8)19(22)23/h1-4,12H,5-7H2/t12-/m1/s1. The summed E-state index contributed by atoms with van der Waals surface area (Å²) in [5, 5.41) is 13.9. The maximum Gasteiger partial charge on any atom is 0.356 e. The summed E-state index contributed by atoms with van der Waals surface area (Å²) < 4.78 is 5.21. The predicted molar refractivity (Wildman–Crippen MR) is 86.8 cm³/mol. The van der Waals surface area contributed by atoms with Gasteiger partial charge in [-0.15, -0.1) is 11.8 Å². The fraction of sp³-hybridized carbons (Fsp3) is 0.286. The first-order chi connectivity index (χ1) is 12.0. The SMILES string of the molecule is [N-]=[N+]=NCC1=C(C(=O)OCc2ccc([N+](=O)[O-])cc2)N2C(=O)C[C@H]2S1. The Balaban J connectivity index is 1.71. The fourth-order valence-corrected chi connectivity index (χ4v) is 3.76. The minimum atomic E-state index is -0.690. The van der Waals surface area contributed by atoms with Gasteiger partial charge < -0.3 is 4.74 Å². The summed E-state index contributed by atoms with van der Waals surface area (Å²) in [5.74, 6) is -0.875. The van der Waals surface area contributed by atoms with Crippen LogP contribution < -0.4 is 0 Å². The van der Waals surface area contributed by atoms with Crippen molar-refractivity contribution < 1.29 is 19.2 Å². The van der Waals surface area contributed by atoms with Crippen molar-refractivity contribution in [1.82, 2.24) is 4.90 Å². The maximum absolute atomic E-state index is 12.4. The monoisotopic (exact) mass is 361 g/mol. The molecule has 1 aromatic carbocycles. The number of carbonyl (C=O) groups is 2. The van der Waals surface area contributed by atoms with Crippen LogP contribution in [0, 0.1) is 10.1 Å². The van der Waals surface area contributed by atoms with Gasteiger partial charge in [0.15, 0.2) is 0 Å². The number of nitro benzene ring substituents is 1. The molecular formula is C14H11N5O5S. The molecule has 0 aromatic heterocycles. The summed E-state index contributed by atoms with van der Waals surface area (Å²) in [5.41, 5.74) is 9.08. The molecule has 2 heterocycles. The van der Waals surface area contributed by atoms with E-state index in [0.29, 0.717) is 16.9 Å². The quantitative estimate of drug-likeness (QED) is 0.145. The normalized spacial score (nSPS) is 18.3. The Labute approximate surface area is 145 Å². The zero-order valence-electron chi connectivity index (χ0n) is 12.7. The van der Waals surface area contributed by atoms with E-state index in [1.54, 1.807) is 0 Å². The van der Waals surface area contributed by atoms with Gasteiger partial charge in [-0.25, -0.2) is 4.79 Å². The lowest BCUT2D eigenvalue weighted by Crippen LogP contribution is -2.48. The first kappa shape index (κ1) is 16.8. The average Bonchev–Trinajstić information content (AvgIpc) is 2.90. The van der Waals surface area contributed by atoms with Gasteiger partial charge in [0, 0.05) is 21.9 Å². The predicted octanol–water partition coefficient (Wildman–Crippen LogP) is 2.47. The van der Waals surface area contributed by atoms with Crippen molar-refractivity contribution in [1.29, 1.82) is 0 Å². The summed E-state index contributed by atoms with van der Waals surface area (Å²) in [6.07, 6.45) is 0.323. The molecule has 1 amide bonds. The zero-order chi connectivity index (χ0) is 18.0. The molecule has 25 heavy (non-hydrogen) atoms. The summed E-state index contributed by atoms with van der Waals surface area (Å²) in [6.45, 7) is -0.115. The summed E-state index contributed by atoms with van der Waals surface area (Å²) in [6, 6.07) is 5.61. The summed E-state index contributed by atoms with van der Waals surface area (Å²) >= 11 is 1.31. The first-order valence-electron chi connectivity index (χ1n) is 7.14. The highest BCUT2D eigenvalue weighted by Crippen LogP contribution is 2.46. The van der Waals surface area contributed by atoms with Gasteiger partial charge in [0.2, 0.25) is 5.91 Å². The number of rotatable bonds is 6. The highest BCUT2D eigenvalue weighted by atomic mass is 32.2. The van der Waals surface area contributed by atoms with Crippen LogP contribution in [0.4, 0.5) is 5.69 Å². The largest absolute Gasteiger partial charge is 0.456 e. The highest BCUT2D eigenvalue weighted by molar-refractivity contribution is 8.04. The lowest BCUT2D eigenvalue weighted by Gasteiger charge is -2.34. The van der Waals surface area contributed by atoms with Crippen molar-refractivity contribution in [3.8, 4) is 0 Å². The second kappa shape index (κ2) is 6.83. The van der Waals surface area contributed by atoms with Crippen molar-refractivity contribution in [2.75, 3.05) is 6.54 Å². The minimum Gasteiger partial charge on any atom is -0.456 e. The third-order valence-electron chi connectivity index (χ3n) is 3.68. The van der Waals surface area contributed by atoms with Crippen LogP contribution in [0.15, 0.2) is 40.0 Å². The van der Waals surface area contributed by atoms with E-state index in [4.69, 9.17) is 10.3 Å². The Morgan fingerprint density at radius 2 is 2.20 bits per heavy atom.